The maximum atomic E-state index is 12.7. The van der Waals surface area contributed by atoms with Gasteiger partial charge in [-0.1, -0.05) is 6.07 Å². The molecule has 0 saturated carbocycles. The van der Waals surface area contributed by atoms with Gasteiger partial charge in [-0.05, 0) is 36.4 Å². The van der Waals surface area contributed by atoms with Gasteiger partial charge in [-0.3, -0.25) is 9.52 Å². The molecule has 0 aliphatic heterocycles. The van der Waals surface area contributed by atoms with E-state index in [1.165, 1.54) is 48.3 Å². The van der Waals surface area contributed by atoms with E-state index in [1.54, 1.807) is 18.2 Å². The van der Waals surface area contributed by atoms with Crippen LogP contribution in [0.4, 0.5) is 11.5 Å². The van der Waals surface area contributed by atoms with Gasteiger partial charge < -0.3 is 5.32 Å². The third-order valence-corrected chi connectivity index (χ3v) is 4.83. The smallest absolute Gasteiger partial charge is 0.263 e. The number of nitrogens with one attached hydrogen (secondary N) is 2. The summed E-state index contributed by atoms with van der Waals surface area (Å²) in [6.07, 6.45) is 2.79. The molecule has 3 aromatic rings. The van der Waals surface area contributed by atoms with E-state index in [9.17, 15) is 18.5 Å². The number of hydrogen-bond donors (Lipinski definition) is 2. The molecule has 9 nitrogen and oxygen atoms in total. The van der Waals surface area contributed by atoms with Crippen LogP contribution in [0.1, 0.15) is 12.5 Å². The van der Waals surface area contributed by atoms with Gasteiger partial charge in [0.1, 0.15) is 11.6 Å². The number of hydrogen-bond acceptors (Lipinski definition) is 6. The van der Waals surface area contributed by atoms with Crippen molar-refractivity contribution in [3.05, 3.63) is 60.4 Å². The van der Waals surface area contributed by atoms with Crippen LogP contribution in [0.2, 0.25) is 0 Å². The fourth-order valence-electron chi connectivity index (χ4n) is 2.29. The SMILES string of the molecule is CC(=O)Nc1ccc(S(=O)(=O)Nc2c(C#N)cnn2-c2ccccn2)cc1. The van der Waals surface area contributed by atoms with Crippen LogP contribution in [0.25, 0.3) is 5.82 Å². The number of amides is 1. The van der Waals surface area contributed by atoms with Crippen molar-refractivity contribution in [1.29, 1.82) is 5.26 Å². The number of nitrogens with zero attached hydrogens (tertiary/aromatic N) is 4. The third-order valence-electron chi connectivity index (χ3n) is 3.47. The van der Waals surface area contributed by atoms with Crippen LogP contribution < -0.4 is 10.0 Å². The standard InChI is InChI=1S/C17H14N6O3S/c1-12(24)21-14-5-7-15(8-6-14)27(25,26)22-17-13(10-18)11-20-23(17)16-4-2-3-9-19-16/h2-9,11,22H,1H3,(H,21,24). The summed E-state index contributed by atoms with van der Waals surface area (Å²) in [4.78, 5) is 15.1. The molecule has 0 radical (unpaired) electrons. The van der Waals surface area contributed by atoms with Crippen molar-refractivity contribution in [2.75, 3.05) is 10.0 Å². The Hall–Kier alpha value is -3.71. The van der Waals surface area contributed by atoms with Gasteiger partial charge >= 0.3 is 0 Å². The lowest BCUT2D eigenvalue weighted by molar-refractivity contribution is -0.114. The molecule has 1 aromatic carbocycles. The minimum absolute atomic E-state index is 0.0119. The predicted octanol–water partition coefficient (Wildman–Crippen LogP) is 1.90. The van der Waals surface area contributed by atoms with Gasteiger partial charge in [0.05, 0.1) is 11.1 Å². The Morgan fingerprint density at radius 3 is 2.52 bits per heavy atom. The zero-order chi connectivity index (χ0) is 19.4. The molecule has 0 bridgehead atoms. The van der Waals surface area contributed by atoms with Gasteiger partial charge in [-0.15, -0.1) is 0 Å². The third kappa shape index (κ3) is 3.94. The normalized spacial score (nSPS) is 10.8. The Morgan fingerprint density at radius 2 is 1.93 bits per heavy atom. The average molecular weight is 382 g/mol. The highest BCUT2D eigenvalue weighted by Crippen LogP contribution is 2.23. The molecule has 10 heteroatoms. The highest BCUT2D eigenvalue weighted by molar-refractivity contribution is 7.92. The summed E-state index contributed by atoms with van der Waals surface area (Å²) >= 11 is 0. The van der Waals surface area contributed by atoms with E-state index in [2.05, 4.69) is 20.1 Å². The number of anilines is 2. The van der Waals surface area contributed by atoms with E-state index in [0.29, 0.717) is 11.5 Å². The van der Waals surface area contributed by atoms with Crippen LogP contribution >= 0.6 is 0 Å². The number of carbonyl (C=O) groups excluding carboxylic acids is 1. The van der Waals surface area contributed by atoms with E-state index in [4.69, 9.17) is 0 Å². The number of aromatic nitrogens is 3. The molecular formula is C17H14N6O3S. The number of pyridine rings is 1. The second kappa shape index (κ2) is 7.27. The average Bonchev–Trinajstić information content (AvgIpc) is 3.04. The predicted molar refractivity (Wildman–Crippen MR) is 97.6 cm³/mol. The zero-order valence-electron chi connectivity index (χ0n) is 14.1. The van der Waals surface area contributed by atoms with Crippen LogP contribution in [-0.4, -0.2) is 29.1 Å². The van der Waals surface area contributed by atoms with Crippen molar-refractivity contribution >= 4 is 27.4 Å². The van der Waals surface area contributed by atoms with Crippen LogP contribution in [0, 0.1) is 11.3 Å². The Bertz CT molecular complexity index is 1120. The largest absolute Gasteiger partial charge is 0.326 e. The first-order chi connectivity index (χ1) is 12.9. The van der Waals surface area contributed by atoms with E-state index < -0.39 is 10.0 Å². The molecule has 0 aliphatic carbocycles. The fraction of sp³-hybridized carbons (Fsp3) is 0.0588. The Morgan fingerprint density at radius 1 is 1.19 bits per heavy atom. The number of carbonyl (C=O) groups is 1. The van der Waals surface area contributed by atoms with E-state index in [1.807, 2.05) is 6.07 Å². The molecule has 0 atom stereocenters. The molecule has 2 aromatic heterocycles. The number of sulfonamides is 1. The highest BCUT2D eigenvalue weighted by Gasteiger charge is 2.21. The van der Waals surface area contributed by atoms with Gasteiger partial charge in [0.2, 0.25) is 5.91 Å². The lowest BCUT2D eigenvalue weighted by Crippen LogP contribution is -2.17. The first kappa shape index (κ1) is 18.1. The molecular weight excluding hydrogens is 368 g/mol. The van der Waals surface area contributed by atoms with Crippen LogP contribution in [0.15, 0.2) is 59.8 Å². The molecule has 0 fully saturated rings. The highest BCUT2D eigenvalue weighted by atomic mass is 32.2. The molecule has 27 heavy (non-hydrogen) atoms. The summed E-state index contributed by atoms with van der Waals surface area (Å²) < 4.78 is 29.1. The molecule has 3 rings (SSSR count). The van der Waals surface area contributed by atoms with E-state index in [-0.39, 0.29) is 22.2 Å². The van der Waals surface area contributed by atoms with Crippen molar-refractivity contribution in [2.24, 2.45) is 0 Å². The maximum absolute atomic E-state index is 12.7. The minimum Gasteiger partial charge on any atom is -0.326 e. The van der Waals surface area contributed by atoms with Crippen LogP contribution in [-0.2, 0) is 14.8 Å². The fourth-order valence-corrected chi connectivity index (χ4v) is 3.35. The van der Waals surface area contributed by atoms with Crippen molar-refractivity contribution < 1.29 is 13.2 Å². The summed E-state index contributed by atoms with van der Waals surface area (Å²) in [5.74, 6) is 0.0847. The number of rotatable bonds is 5. The summed E-state index contributed by atoms with van der Waals surface area (Å²) in [5, 5.41) is 15.9. The van der Waals surface area contributed by atoms with Gasteiger partial charge in [-0.25, -0.2) is 13.4 Å². The quantitative estimate of drug-likeness (QED) is 0.693. The van der Waals surface area contributed by atoms with Gasteiger partial charge in [0, 0.05) is 18.8 Å². The minimum atomic E-state index is -3.99. The Labute approximate surface area is 155 Å². The Balaban J connectivity index is 1.96. The maximum Gasteiger partial charge on any atom is 0.263 e. The monoisotopic (exact) mass is 382 g/mol. The van der Waals surface area contributed by atoms with Gasteiger partial charge in [-0.2, -0.15) is 15.0 Å². The summed E-state index contributed by atoms with van der Waals surface area (Å²) in [5.41, 5.74) is 0.525. The summed E-state index contributed by atoms with van der Waals surface area (Å²) in [7, 11) is -3.99. The lowest BCUT2D eigenvalue weighted by atomic mass is 10.3. The molecule has 0 unspecified atom stereocenters. The number of nitriles is 1. The molecule has 0 aliphatic rings. The molecule has 2 heterocycles. The van der Waals surface area contributed by atoms with Crippen LogP contribution in [0.5, 0.6) is 0 Å². The second-order valence-corrected chi connectivity index (χ2v) is 7.11. The zero-order valence-corrected chi connectivity index (χ0v) is 14.9. The van der Waals surface area contributed by atoms with Crippen molar-refractivity contribution in [1.82, 2.24) is 14.8 Å². The topological polar surface area (TPSA) is 130 Å². The van der Waals surface area contributed by atoms with Crippen molar-refractivity contribution in [2.45, 2.75) is 11.8 Å². The molecule has 0 spiro atoms. The molecule has 2 N–H and O–H groups in total. The van der Waals surface area contributed by atoms with Crippen LogP contribution in [0.3, 0.4) is 0 Å². The molecule has 0 saturated heterocycles. The molecule has 136 valence electrons. The second-order valence-electron chi connectivity index (χ2n) is 5.43. The first-order valence-corrected chi connectivity index (χ1v) is 9.19. The Kier molecular flexibility index (Phi) is 4.87. The van der Waals surface area contributed by atoms with Gasteiger partial charge in [0.15, 0.2) is 11.6 Å². The molecule has 1 amide bonds. The van der Waals surface area contributed by atoms with Crippen molar-refractivity contribution in [3.63, 3.8) is 0 Å². The van der Waals surface area contributed by atoms with E-state index >= 15 is 0 Å². The summed E-state index contributed by atoms with van der Waals surface area (Å²) in [6.45, 7) is 1.36. The number of benzene rings is 1. The lowest BCUT2D eigenvalue weighted by Gasteiger charge is -2.11. The van der Waals surface area contributed by atoms with E-state index in [0.717, 1.165) is 0 Å². The first-order valence-electron chi connectivity index (χ1n) is 7.71. The summed E-state index contributed by atoms with van der Waals surface area (Å²) in [6, 6.07) is 12.6. The van der Waals surface area contributed by atoms with Gasteiger partial charge in [0.25, 0.3) is 10.0 Å². The van der Waals surface area contributed by atoms with Crippen molar-refractivity contribution in [3.8, 4) is 11.9 Å².